The van der Waals surface area contributed by atoms with E-state index in [1.54, 1.807) is 25.7 Å². The van der Waals surface area contributed by atoms with E-state index >= 15 is 0 Å². The molecule has 3 heterocycles. The van der Waals surface area contributed by atoms with Crippen molar-refractivity contribution in [3.8, 4) is 11.3 Å². The Morgan fingerprint density at radius 1 is 1.11 bits per heavy atom. The molecule has 2 fully saturated rings. The van der Waals surface area contributed by atoms with Gasteiger partial charge in [0.1, 0.15) is 12.1 Å². The highest BCUT2D eigenvalue weighted by molar-refractivity contribution is 6.34. The number of hydrogen-bond donors (Lipinski definition) is 2. The van der Waals surface area contributed by atoms with Crippen molar-refractivity contribution in [3.05, 3.63) is 52.7 Å². The number of ether oxygens (including phenoxy) is 1. The van der Waals surface area contributed by atoms with E-state index in [0.717, 1.165) is 17.0 Å². The van der Waals surface area contributed by atoms with Gasteiger partial charge in [-0.25, -0.2) is 18.6 Å². The Bertz CT molecular complexity index is 1640. The lowest BCUT2D eigenvalue weighted by Crippen LogP contribution is -2.40. The number of nitrogens with one attached hydrogen (secondary N) is 2. The van der Waals surface area contributed by atoms with Crippen molar-refractivity contribution in [1.82, 2.24) is 29.5 Å². The molecule has 1 aromatic carbocycles. The van der Waals surface area contributed by atoms with Gasteiger partial charge in [-0.15, -0.1) is 0 Å². The fraction of sp³-hybridized carbons (Fsp3) is 0.464. The summed E-state index contributed by atoms with van der Waals surface area (Å²) in [5.41, 5.74) is -2.35. The minimum Gasteiger partial charge on any atom is -0.444 e. The highest BCUT2D eigenvalue weighted by Gasteiger charge is 2.58. The lowest BCUT2D eigenvalue weighted by molar-refractivity contribution is -0.141. The number of hydrogen-bond acceptors (Lipinski definition) is 6. The quantitative estimate of drug-likeness (QED) is 0.342. The number of nitrogens with zero attached hydrogens (tertiary/aromatic N) is 5. The topological polar surface area (TPSA) is 123 Å². The third-order valence-corrected chi connectivity index (χ3v) is 7.75. The molecule has 3 aromatic rings. The van der Waals surface area contributed by atoms with Crippen LogP contribution < -0.4 is 10.6 Å². The van der Waals surface area contributed by atoms with Crippen LogP contribution in [-0.4, -0.2) is 73.3 Å². The predicted molar refractivity (Wildman–Crippen MR) is 151 cm³/mol. The smallest absolute Gasteiger partial charge is 0.435 e. The Hall–Kier alpha value is -4.21. The van der Waals surface area contributed by atoms with Crippen molar-refractivity contribution in [2.75, 3.05) is 18.4 Å². The Labute approximate surface area is 258 Å². The van der Waals surface area contributed by atoms with E-state index in [4.69, 9.17) is 16.3 Å². The van der Waals surface area contributed by atoms with E-state index in [1.165, 1.54) is 25.2 Å². The van der Waals surface area contributed by atoms with Gasteiger partial charge in [0.05, 0.1) is 28.0 Å². The summed E-state index contributed by atoms with van der Waals surface area (Å²) in [7, 11) is 1.29. The molecule has 0 bridgehead atoms. The molecule has 2 N–H and O–H groups in total. The van der Waals surface area contributed by atoms with Crippen molar-refractivity contribution in [1.29, 1.82) is 0 Å². The van der Waals surface area contributed by atoms with E-state index in [0.29, 0.717) is 17.8 Å². The summed E-state index contributed by atoms with van der Waals surface area (Å²) in [5, 5.41) is 8.75. The maximum absolute atomic E-state index is 13.6. The van der Waals surface area contributed by atoms with Gasteiger partial charge in [-0.2, -0.15) is 18.3 Å². The maximum atomic E-state index is 13.6. The van der Waals surface area contributed by atoms with Crippen LogP contribution >= 0.6 is 11.6 Å². The molecule has 242 valence electrons. The molecular weight excluding hydrogens is 629 g/mol. The Balaban J connectivity index is 1.22. The monoisotopic (exact) mass is 657 g/mol. The van der Waals surface area contributed by atoms with Crippen LogP contribution in [0.3, 0.4) is 0 Å². The number of rotatable bonds is 7. The normalized spacial score (nSPS) is 19.4. The Morgan fingerprint density at radius 3 is 2.36 bits per heavy atom. The number of carbonyl (C=O) groups is 3. The number of halogens is 6. The van der Waals surface area contributed by atoms with Gasteiger partial charge in [-0.05, 0) is 39.0 Å². The molecule has 0 radical (unpaired) electrons. The van der Waals surface area contributed by atoms with Crippen molar-refractivity contribution in [3.63, 3.8) is 0 Å². The van der Waals surface area contributed by atoms with Gasteiger partial charge in [0.25, 0.3) is 18.2 Å². The average Bonchev–Trinajstić information content (AvgIpc) is 3.32. The molecule has 1 aliphatic heterocycles. The summed E-state index contributed by atoms with van der Waals surface area (Å²) in [4.78, 5) is 43.7. The molecule has 1 saturated heterocycles. The third kappa shape index (κ3) is 6.89. The highest BCUT2D eigenvalue weighted by Crippen LogP contribution is 2.46. The molecule has 17 heteroatoms. The number of anilines is 1. The first-order valence-corrected chi connectivity index (χ1v) is 14.2. The number of piperidine rings is 1. The predicted octanol–water partition coefficient (Wildman–Crippen LogP) is 5.07. The second kappa shape index (κ2) is 11.6. The second-order valence-electron chi connectivity index (χ2n) is 11.9. The van der Waals surface area contributed by atoms with Gasteiger partial charge >= 0.3 is 12.3 Å². The highest BCUT2D eigenvalue weighted by atomic mass is 35.5. The first kappa shape index (κ1) is 32.2. The van der Waals surface area contributed by atoms with E-state index in [-0.39, 0.29) is 45.7 Å². The largest absolute Gasteiger partial charge is 0.444 e. The van der Waals surface area contributed by atoms with Crippen LogP contribution in [0.1, 0.15) is 47.4 Å². The number of alkyl halides is 5. The molecule has 5 rings (SSSR count). The number of carbonyl (C=O) groups excluding carboxylic acids is 3. The summed E-state index contributed by atoms with van der Waals surface area (Å²) in [6, 6.07) is 4.06. The lowest BCUT2D eigenvalue weighted by Gasteiger charge is -2.26. The molecule has 2 aliphatic rings. The number of likely N-dealkylation sites (tertiary alicyclic amines) is 1. The van der Waals surface area contributed by atoms with Gasteiger partial charge in [0, 0.05) is 49.9 Å². The van der Waals surface area contributed by atoms with Crippen LogP contribution in [0.5, 0.6) is 0 Å². The van der Waals surface area contributed by atoms with Crippen molar-refractivity contribution >= 4 is 35.2 Å². The average molecular weight is 658 g/mol. The molecule has 1 unspecified atom stereocenters. The first-order chi connectivity index (χ1) is 20.9. The zero-order chi connectivity index (χ0) is 33.0. The lowest BCUT2D eigenvalue weighted by atomic mass is 10.2. The van der Waals surface area contributed by atoms with E-state index in [1.807, 2.05) is 0 Å². The summed E-state index contributed by atoms with van der Waals surface area (Å²) in [5.74, 6) is -1.30. The standard InChI is InChI=1S/C28H29ClF5N7O4/c1-27(2,3)45-26(44)40-9-15-16(10-40)21(15)37-24(42)14-6-5-13(7-18(14)29)36-25(43)23-35-8-19(39(23)4)17-11-41(12-20(30)31)38-22(17)28(32,33)34/h5-8,11,15-16,20-21H,9-10,12H2,1-4H3,(H,36,43)(H,37,42)/t15-,16+,21?. The summed E-state index contributed by atoms with van der Waals surface area (Å²) in [6.45, 7) is 5.25. The fourth-order valence-electron chi connectivity index (χ4n) is 5.33. The van der Waals surface area contributed by atoms with Crippen LogP contribution in [0.15, 0.2) is 30.6 Å². The zero-order valence-corrected chi connectivity index (χ0v) is 25.2. The van der Waals surface area contributed by atoms with Gasteiger partial charge in [-0.1, -0.05) is 11.6 Å². The van der Waals surface area contributed by atoms with Crippen molar-refractivity contribution in [2.24, 2.45) is 18.9 Å². The van der Waals surface area contributed by atoms with E-state index in [2.05, 4.69) is 20.7 Å². The van der Waals surface area contributed by atoms with Crippen LogP contribution in [0, 0.1) is 11.8 Å². The number of aromatic nitrogens is 4. The Kier molecular flexibility index (Phi) is 8.31. The molecule has 0 spiro atoms. The minimum atomic E-state index is -4.95. The van der Waals surface area contributed by atoms with Crippen LogP contribution in [-0.2, 0) is 24.5 Å². The maximum Gasteiger partial charge on any atom is 0.435 e. The first-order valence-electron chi connectivity index (χ1n) is 13.8. The fourth-order valence-corrected chi connectivity index (χ4v) is 5.60. The number of amides is 3. The van der Waals surface area contributed by atoms with Crippen LogP contribution in [0.2, 0.25) is 5.02 Å². The number of fused-ring (bicyclic) bond motifs is 1. The minimum absolute atomic E-state index is 0.0354. The van der Waals surface area contributed by atoms with Gasteiger partial charge in [-0.3, -0.25) is 14.3 Å². The van der Waals surface area contributed by atoms with E-state index in [9.17, 15) is 36.3 Å². The van der Waals surface area contributed by atoms with Crippen molar-refractivity contribution in [2.45, 2.75) is 51.6 Å². The molecule has 11 nitrogen and oxygen atoms in total. The molecular formula is C28H29ClF5N7O4. The van der Waals surface area contributed by atoms with Crippen LogP contribution in [0.4, 0.5) is 32.4 Å². The molecule has 1 saturated carbocycles. The molecule has 3 atom stereocenters. The van der Waals surface area contributed by atoms with Gasteiger partial charge < -0.3 is 24.8 Å². The third-order valence-electron chi connectivity index (χ3n) is 7.44. The number of benzene rings is 1. The summed E-state index contributed by atoms with van der Waals surface area (Å²) >= 11 is 6.35. The SMILES string of the molecule is Cn1c(-c2cn(CC(F)F)nc2C(F)(F)F)cnc1C(=O)Nc1ccc(C(=O)NC2[C@H]3CN(C(=O)OC(C)(C)C)C[C@@H]23)c(Cl)c1. The van der Waals surface area contributed by atoms with Crippen LogP contribution in [0.25, 0.3) is 11.3 Å². The second-order valence-corrected chi connectivity index (χ2v) is 12.3. The van der Waals surface area contributed by atoms with Gasteiger partial charge in [0.2, 0.25) is 0 Å². The Morgan fingerprint density at radius 2 is 1.78 bits per heavy atom. The molecule has 45 heavy (non-hydrogen) atoms. The van der Waals surface area contributed by atoms with E-state index < -0.39 is 53.9 Å². The summed E-state index contributed by atoms with van der Waals surface area (Å²) < 4.78 is 73.3. The zero-order valence-electron chi connectivity index (χ0n) is 24.5. The van der Waals surface area contributed by atoms with Gasteiger partial charge in [0.15, 0.2) is 11.5 Å². The molecule has 3 amide bonds. The molecule has 1 aliphatic carbocycles. The molecule has 2 aromatic heterocycles. The number of imidazole rings is 1. The van der Waals surface area contributed by atoms with Crippen molar-refractivity contribution < 1.29 is 41.1 Å². The summed E-state index contributed by atoms with van der Waals surface area (Å²) in [6.07, 6.45) is -6.44.